The average molecular weight is 408 g/mol. The minimum absolute atomic E-state index is 0.0594. The first-order valence-corrected chi connectivity index (χ1v) is 9.66. The van der Waals surface area contributed by atoms with E-state index in [1.165, 1.54) is 23.8 Å². The molecule has 0 aliphatic carbocycles. The SMILES string of the molecule is O=C(NC(=S)Nc1ccc(OCCCc2ccccc2)cc1)c1ccccc1F. The van der Waals surface area contributed by atoms with Crippen LogP contribution in [-0.4, -0.2) is 17.6 Å². The fourth-order valence-corrected chi connectivity index (χ4v) is 2.93. The lowest BCUT2D eigenvalue weighted by Gasteiger charge is -2.11. The Morgan fingerprint density at radius 3 is 2.34 bits per heavy atom. The summed E-state index contributed by atoms with van der Waals surface area (Å²) in [6.07, 6.45) is 1.90. The van der Waals surface area contributed by atoms with Gasteiger partial charge in [0.1, 0.15) is 11.6 Å². The van der Waals surface area contributed by atoms with Crippen molar-refractivity contribution >= 4 is 28.9 Å². The smallest absolute Gasteiger partial charge is 0.260 e. The lowest BCUT2D eigenvalue weighted by Crippen LogP contribution is -2.34. The van der Waals surface area contributed by atoms with Gasteiger partial charge in [0.2, 0.25) is 0 Å². The van der Waals surface area contributed by atoms with Crippen molar-refractivity contribution in [3.8, 4) is 5.75 Å². The van der Waals surface area contributed by atoms with Crippen LogP contribution in [0.15, 0.2) is 78.9 Å². The van der Waals surface area contributed by atoms with Crippen molar-refractivity contribution in [2.75, 3.05) is 11.9 Å². The molecule has 3 aromatic rings. The van der Waals surface area contributed by atoms with Gasteiger partial charge in [0.05, 0.1) is 12.2 Å². The van der Waals surface area contributed by atoms with Crippen LogP contribution in [0.2, 0.25) is 0 Å². The highest BCUT2D eigenvalue weighted by Gasteiger charge is 2.12. The summed E-state index contributed by atoms with van der Waals surface area (Å²) < 4.78 is 19.4. The van der Waals surface area contributed by atoms with Gasteiger partial charge >= 0.3 is 0 Å². The number of benzene rings is 3. The second-order valence-electron chi connectivity index (χ2n) is 6.35. The number of thiocarbonyl (C=S) groups is 1. The predicted octanol–water partition coefficient (Wildman–Crippen LogP) is 4.96. The number of carbonyl (C=O) groups excluding carboxylic acids is 1. The van der Waals surface area contributed by atoms with E-state index in [1.807, 2.05) is 30.3 Å². The monoisotopic (exact) mass is 408 g/mol. The summed E-state index contributed by atoms with van der Waals surface area (Å²) in [5.41, 5.74) is 1.93. The number of amides is 1. The van der Waals surface area contributed by atoms with Crippen LogP contribution in [0.4, 0.5) is 10.1 Å². The molecule has 0 radical (unpaired) electrons. The summed E-state index contributed by atoms with van der Waals surface area (Å²) in [5.74, 6) is -0.439. The Morgan fingerprint density at radius 2 is 1.62 bits per heavy atom. The maximum Gasteiger partial charge on any atom is 0.260 e. The van der Waals surface area contributed by atoms with Gasteiger partial charge in [-0.05, 0) is 67.0 Å². The van der Waals surface area contributed by atoms with Crippen LogP contribution in [0.5, 0.6) is 5.75 Å². The molecule has 0 spiro atoms. The maximum atomic E-state index is 13.6. The van der Waals surface area contributed by atoms with E-state index in [2.05, 4.69) is 22.8 Å². The van der Waals surface area contributed by atoms with Crippen LogP contribution in [0.1, 0.15) is 22.3 Å². The summed E-state index contributed by atoms with van der Waals surface area (Å²) in [5, 5.41) is 5.46. The van der Waals surface area contributed by atoms with Gasteiger partial charge in [0, 0.05) is 5.69 Å². The summed E-state index contributed by atoms with van der Waals surface area (Å²) in [7, 11) is 0. The Hall–Kier alpha value is -3.25. The third-order valence-electron chi connectivity index (χ3n) is 4.18. The number of aryl methyl sites for hydroxylation is 1. The summed E-state index contributed by atoms with van der Waals surface area (Å²) in [6.45, 7) is 0.624. The number of halogens is 1. The molecule has 3 rings (SSSR count). The largest absolute Gasteiger partial charge is 0.494 e. The number of hydrogen-bond donors (Lipinski definition) is 2. The van der Waals surface area contributed by atoms with Gasteiger partial charge in [0.25, 0.3) is 5.91 Å². The number of carbonyl (C=O) groups is 1. The first-order valence-electron chi connectivity index (χ1n) is 9.25. The van der Waals surface area contributed by atoms with Gasteiger partial charge in [-0.25, -0.2) is 4.39 Å². The van der Waals surface area contributed by atoms with E-state index >= 15 is 0 Å². The van der Waals surface area contributed by atoms with Crippen LogP contribution in [0.3, 0.4) is 0 Å². The van der Waals surface area contributed by atoms with Crippen LogP contribution < -0.4 is 15.4 Å². The molecule has 0 bridgehead atoms. The molecule has 0 aromatic heterocycles. The molecular weight excluding hydrogens is 387 g/mol. The molecule has 0 aliphatic heterocycles. The van der Waals surface area contributed by atoms with Crippen LogP contribution >= 0.6 is 12.2 Å². The van der Waals surface area contributed by atoms with Crippen molar-refractivity contribution in [3.05, 3.63) is 95.8 Å². The fourth-order valence-electron chi connectivity index (χ4n) is 2.72. The molecule has 2 N–H and O–H groups in total. The normalized spacial score (nSPS) is 10.2. The molecule has 0 fully saturated rings. The molecule has 148 valence electrons. The van der Waals surface area contributed by atoms with Crippen molar-refractivity contribution in [1.82, 2.24) is 5.32 Å². The fraction of sp³-hybridized carbons (Fsp3) is 0.130. The number of ether oxygens (including phenoxy) is 1. The zero-order chi connectivity index (χ0) is 20.5. The van der Waals surface area contributed by atoms with Crippen LogP contribution in [0.25, 0.3) is 0 Å². The number of hydrogen-bond acceptors (Lipinski definition) is 3. The van der Waals surface area contributed by atoms with E-state index in [1.54, 1.807) is 18.2 Å². The van der Waals surface area contributed by atoms with E-state index in [9.17, 15) is 9.18 Å². The highest BCUT2D eigenvalue weighted by Crippen LogP contribution is 2.16. The van der Waals surface area contributed by atoms with E-state index in [0.717, 1.165) is 18.6 Å². The summed E-state index contributed by atoms with van der Waals surface area (Å²) in [4.78, 5) is 12.1. The quantitative estimate of drug-likeness (QED) is 0.428. The third-order valence-corrected chi connectivity index (χ3v) is 4.38. The van der Waals surface area contributed by atoms with Crippen molar-refractivity contribution in [1.29, 1.82) is 0 Å². The van der Waals surface area contributed by atoms with Crippen molar-refractivity contribution in [2.24, 2.45) is 0 Å². The van der Waals surface area contributed by atoms with Crippen LogP contribution in [-0.2, 0) is 6.42 Å². The Morgan fingerprint density at radius 1 is 0.931 bits per heavy atom. The minimum atomic E-state index is -0.598. The Balaban J connectivity index is 1.43. The first-order chi connectivity index (χ1) is 14.1. The second-order valence-corrected chi connectivity index (χ2v) is 6.76. The van der Waals surface area contributed by atoms with Gasteiger partial charge in [-0.2, -0.15) is 0 Å². The molecule has 4 nitrogen and oxygen atoms in total. The van der Waals surface area contributed by atoms with Gasteiger partial charge in [-0.15, -0.1) is 0 Å². The summed E-state index contributed by atoms with van der Waals surface area (Å²) in [6, 6.07) is 23.3. The molecule has 0 unspecified atom stereocenters. The first kappa shape index (κ1) is 20.5. The summed E-state index contributed by atoms with van der Waals surface area (Å²) >= 11 is 5.12. The number of anilines is 1. The topological polar surface area (TPSA) is 50.4 Å². The number of rotatable bonds is 7. The zero-order valence-electron chi connectivity index (χ0n) is 15.7. The van der Waals surface area contributed by atoms with Crippen molar-refractivity contribution in [2.45, 2.75) is 12.8 Å². The van der Waals surface area contributed by atoms with E-state index in [0.29, 0.717) is 12.3 Å². The third kappa shape index (κ3) is 6.40. The Labute approximate surface area is 174 Å². The molecular formula is C23H21FN2O2S. The standard InChI is InChI=1S/C23H21FN2O2S/c24-21-11-5-4-10-20(21)22(27)26-23(29)25-18-12-14-19(15-13-18)28-16-6-9-17-7-2-1-3-8-17/h1-5,7-8,10-15H,6,9,16H2,(H2,25,26,27,29). The van der Waals surface area contributed by atoms with Gasteiger partial charge < -0.3 is 10.1 Å². The molecule has 3 aromatic carbocycles. The Bertz CT molecular complexity index is 962. The molecule has 6 heteroatoms. The minimum Gasteiger partial charge on any atom is -0.494 e. The molecule has 0 atom stereocenters. The lowest BCUT2D eigenvalue weighted by molar-refractivity contribution is 0.0974. The van der Waals surface area contributed by atoms with Crippen LogP contribution in [0, 0.1) is 5.82 Å². The molecule has 29 heavy (non-hydrogen) atoms. The van der Waals surface area contributed by atoms with Gasteiger partial charge in [0.15, 0.2) is 5.11 Å². The van der Waals surface area contributed by atoms with Crippen molar-refractivity contribution in [3.63, 3.8) is 0 Å². The molecule has 0 saturated carbocycles. The van der Waals surface area contributed by atoms with E-state index < -0.39 is 11.7 Å². The van der Waals surface area contributed by atoms with Gasteiger partial charge in [-0.1, -0.05) is 42.5 Å². The molecule has 0 aliphatic rings. The second kappa shape index (κ2) is 10.3. The predicted molar refractivity (Wildman–Crippen MR) is 117 cm³/mol. The lowest BCUT2D eigenvalue weighted by atomic mass is 10.1. The highest BCUT2D eigenvalue weighted by atomic mass is 32.1. The molecule has 0 saturated heterocycles. The Kier molecular flexibility index (Phi) is 7.30. The van der Waals surface area contributed by atoms with E-state index in [4.69, 9.17) is 17.0 Å². The van der Waals surface area contributed by atoms with E-state index in [-0.39, 0.29) is 10.7 Å². The maximum absolute atomic E-state index is 13.6. The average Bonchev–Trinajstić information content (AvgIpc) is 2.73. The molecule has 0 heterocycles. The number of nitrogens with one attached hydrogen (secondary N) is 2. The highest BCUT2D eigenvalue weighted by molar-refractivity contribution is 7.80. The molecule has 1 amide bonds. The van der Waals surface area contributed by atoms with Gasteiger partial charge in [-0.3, -0.25) is 10.1 Å². The zero-order valence-corrected chi connectivity index (χ0v) is 16.5. The van der Waals surface area contributed by atoms with Crippen molar-refractivity contribution < 1.29 is 13.9 Å².